The van der Waals surface area contributed by atoms with Crippen LogP contribution in [0.5, 0.6) is 5.75 Å². The topological polar surface area (TPSA) is 51.9 Å². The van der Waals surface area contributed by atoms with Crippen molar-refractivity contribution in [3.63, 3.8) is 0 Å². The number of nitrogens with zero attached hydrogens (tertiary/aromatic N) is 4. The number of methoxy groups -OCH3 is 1. The van der Waals surface area contributed by atoms with E-state index in [2.05, 4.69) is 40.2 Å². The van der Waals surface area contributed by atoms with E-state index < -0.39 is 5.72 Å². The van der Waals surface area contributed by atoms with Crippen LogP contribution in [0.1, 0.15) is 35.9 Å². The van der Waals surface area contributed by atoms with Crippen molar-refractivity contribution in [3.8, 4) is 11.4 Å². The molecule has 1 aromatic carbocycles. The summed E-state index contributed by atoms with van der Waals surface area (Å²) in [6.07, 6.45) is 7.94. The summed E-state index contributed by atoms with van der Waals surface area (Å²) in [6.45, 7) is 4.92. The molecule has 2 aliphatic heterocycles. The normalized spacial score (nSPS) is 21.7. The van der Waals surface area contributed by atoms with Crippen LogP contribution in [-0.4, -0.2) is 33.9 Å². The fourth-order valence-corrected chi connectivity index (χ4v) is 5.28. The van der Waals surface area contributed by atoms with Gasteiger partial charge >= 0.3 is 0 Å². The third-order valence-corrected chi connectivity index (χ3v) is 7.18. The lowest BCUT2D eigenvalue weighted by Crippen LogP contribution is -2.46. The maximum Gasteiger partial charge on any atom is 0.243 e. The average Bonchev–Trinajstić information content (AvgIpc) is 3.48. The Morgan fingerprint density at radius 1 is 1.29 bits per heavy atom. The van der Waals surface area contributed by atoms with Crippen molar-refractivity contribution in [1.82, 2.24) is 14.5 Å². The molecule has 0 N–H and O–H groups in total. The van der Waals surface area contributed by atoms with Gasteiger partial charge in [0.1, 0.15) is 5.75 Å². The molecule has 4 heterocycles. The van der Waals surface area contributed by atoms with Crippen LogP contribution in [0.25, 0.3) is 11.8 Å². The van der Waals surface area contributed by atoms with Crippen LogP contribution in [0.15, 0.2) is 53.6 Å². The molecule has 3 aromatic rings. The highest BCUT2D eigenvalue weighted by molar-refractivity contribution is 7.16. The fourth-order valence-electron chi connectivity index (χ4n) is 4.15. The van der Waals surface area contributed by atoms with Crippen LogP contribution >= 0.6 is 22.9 Å². The number of benzene rings is 1. The van der Waals surface area contributed by atoms with Crippen molar-refractivity contribution in [1.29, 1.82) is 0 Å². The fraction of sp³-hybridized carbons (Fsp3) is 0.304. The summed E-state index contributed by atoms with van der Waals surface area (Å²) in [5.74, 6) is 1.69. The summed E-state index contributed by atoms with van der Waals surface area (Å²) in [4.78, 5) is 13.6. The molecule has 0 radical (unpaired) electrons. The number of rotatable bonds is 4. The molecule has 0 spiro atoms. The second-order valence-electron chi connectivity index (χ2n) is 7.87. The molecule has 2 aliphatic rings. The molecule has 8 heteroatoms. The van der Waals surface area contributed by atoms with E-state index in [-0.39, 0.29) is 0 Å². The van der Waals surface area contributed by atoms with E-state index in [1.165, 1.54) is 11.3 Å². The predicted molar refractivity (Wildman–Crippen MR) is 124 cm³/mol. The summed E-state index contributed by atoms with van der Waals surface area (Å²) in [5.41, 5.74) is 3.52. The number of amidine groups is 1. The van der Waals surface area contributed by atoms with Crippen molar-refractivity contribution in [2.75, 3.05) is 13.7 Å². The van der Waals surface area contributed by atoms with Gasteiger partial charge in [-0.25, -0.2) is 4.98 Å². The summed E-state index contributed by atoms with van der Waals surface area (Å²) >= 11 is 7.71. The van der Waals surface area contributed by atoms with Gasteiger partial charge in [-0.3, -0.25) is 0 Å². The second kappa shape index (κ2) is 7.73. The van der Waals surface area contributed by atoms with Crippen molar-refractivity contribution in [3.05, 3.63) is 68.9 Å². The Kier molecular flexibility index (Phi) is 5.02. The van der Waals surface area contributed by atoms with Gasteiger partial charge in [0.15, 0.2) is 5.84 Å². The number of hydrogen-bond donors (Lipinski definition) is 0. The molecule has 6 nitrogen and oxygen atoms in total. The molecule has 0 amide bonds. The van der Waals surface area contributed by atoms with Crippen LogP contribution in [0, 0.1) is 6.92 Å². The highest BCUT2D eigenvalue weighted by atomic mass is 35.5. The second-order valence-corrected chi connectivity index (χ2v) is 9.59. The molecule has 1 unspecified atom stereocenters. The molecule has 0 saturated carbocycles. The Labute approximate surface area is 190 Å². The molecule has 1 saturated heterocycles. The number of fused-ring (bicyclic) bond motifs is 1. The molecular formula is C23H23ClN4O2S. The molecule has 1 atom stereocenters. The molecule has 2 aromatic heterocycles. The molecule has 0 aliphatic carbocycles. The third kappa shape index (κ3) is 3.51. The standard InChI is InChI=1S/C23H23ClN4O2S/c1-15-13-27(14-25-15)18-7-6-16(12-19(18)29-3)11-17-5-4-10-28-22(17)26-30-23(28,2)20-8-9-21(24)31-20/h6-9,11-14H,4-5,10H2,1-3H3. The predicted octanol–water partition coefficient (Wildman–Crippen LogP) is 5.60. The number of thiophene rings is 1. The van der Waals surface area contributed by atoms with Crippen molar-refractivity contribution < 1.29 is 9.57 Å². The first-order chi connectivity index (χ1) is 15.0. The Morgan fingerprint density at radius 3 is 2.87 bits per heavy atom. The smallest absolute Gasteiger partial charge is 0.243 e. The van der Waals surface area contributed by atoms with E-state index in [1.54, 1.807) is 13.4 Å². The van der Waals surface area contributed by atoms with Gasteiger partial charge < -0.3 is 19.0 Å². The zero-order valence-corrected chi connectivity index (χ0v) is 19.2. The molecular weight excluding hydrogens is 432 g/mol. The third-order valence-electron chi connectivity index (χ3n) is 5.76. The zero-order chi connectivity index (χ0) is 21.6. The number of hydrogen-bond acceptors (Lipinski definition) is 6. The monoisotopic (exact) mass is 454 g/mol. The molecule has 31 heavy (non-hydrogen) atoms. The van der Waals surface area contributed by atoms with Crippen molar-refractivity contribution in [2.45, 2.75) is 32.4 Å². The number of halogens is 1. The number of piperidine rings is 1. The van der Waals surface area contributed by atoms with Crippen LogP contribution in [0.4, 0.5) is 0 Å². The lowest BCUT2D eigenvalue weighted by atomic mass is 9.98. The Bertz CT molecular complexity index is 1200. The van der Waals surface area contributed by atoms with Crippen LogP contribution in [-0.2, 0) is 10.6 Å². The van der Waals surface area contributed by atoms with Gasteiger partial charge in [-0.1, -0.05) is 22.8 Å². The molecule has 0 bridgehead atoms. The summed E-state index contributed by atoms with van der Waals surface area (Å²) in [7, 11) is 1.69. The molecule has 5 rings (SSSR count). The van der Waals surface area contributed by atoms with Crippen molar-refractivity contribution >= 4 is 34.8 Å². The van der Waals surface area contributed by atoms with Gasteiger partial charge in [-0.05, 0) is 61.2 Å². The first-order valence-corrected chi connectivity index (χ1v) is 11.4. The van der Waals surface area contributed by atoms with Crippen LogP contribution in [0.2, 0.25) is 4.34 Å². The quantitative estimate of drug-likeness (QED) is 0.515. The Hall–Kier alpha value is -2.77. The minimum absolute atomic E-state index is 0.618. The highest BCUT2D eigenvalue weighted by Crippen LogP contribution is 2.43. The minimum atomic E-state index is -0.618. The molecule has 160 valence electrons. The van der Waals surface area contributed by atoms with E-state index in [4.69, 9.17) is 21.2 Å². The van der Waals surface area contributed by atoms with E-state index in [0.29, 0.717) is 0 Å². The lowest BCUT2D eigenvalue weighted by molar-refractivity contribution is -0.0884. The summed E-state index contributed by atoms with van der Waals surface area (Å²) < 4.78 is 8.39. The van der Waals surface area contributed by atoms with Crippen LogP contribution < -0.4 is 4.74 Å². The summed E-state index contributed by atoms with van der Waals surface area (Å²) in [6, 6.07) is 10.1. The van der Waals surface area contributed by atoms with Gasteiger partial charge in [-0.15, -0.1) is 11.3 Å². The lowest BCUT2D eigenvalue weighted by Gasteiger charge is -2.36. The zero-order valence-electron chi connectivity index (χ0n) is 17.6. The number of ether oxygens (including phenoxy) is 1. The number of imidazole rings is 1. The van der Waals surface area contributed by atoms with Crippen molar-refractivity contribution in [2.24, 2.45) is 5.16 Å². The van der Waals surface area contributed by atoms with E-state index in [9.17, 15) is 0 Å². The maximum atomic E-state index is 6.18. The van der Waals surface area contributed by atoms with Gasteiger partial charge in [-0.2, -0.15) is 0 Å². The maximum absolute atomic E-state index is 6.18. The van der Waals surface area contributed by atoms with Crippen LogP contribution in [0.3, 0.4) is 0 Å². The largest absolute Gasteiger partial charge is 0.495 e. The van der Waals surface area contributed by atoms with Gasteiger partial charge in [0.05, 0.1) is 34.0 Å². The number of aromatic nitrogens is 2. The average molecular weight is 455 g/mol. The minimum Gasteiger partial charge on any atom is -0.495 e. The van der Waals surface area contributed by atoms with E-state index in [1.807, 2.05) is 35.9 Å². The Balaban J connectivity index is 1.46. The molecule has 1 fully saturated rings. The van der Waals surface area contributed by atoms with Gasteiger partial charge in [0.25, 0.3) is 0 Å². The number of oxime groups is 1. The van der Waals surface area contributed by atoms with Gasteiger partial charge in [0.2, 0.25) is 5.72 Å². The van der Waals surface area contributed by atoms with E-state index >= 15 is 0 Å². The van der Waals surface area contributed by atoms with E-state index in [0.717, 1.165) is 62.7 Å². The first kappa shape index (κ1) is 20.2. The van der Waals surface area contributed by atoms with Gasteiger partial charge in [0, 0.05) is 19.7 Å². The Morgan fingerprint density at radius 2 is 2.16 bits per heavy atom. The highest BCUT2D eigenvalue weighted by Gasteiger charge is 2.46. The number of aryl methyl sites for hydroxylation is 1. The SMILES string of the molecule is COc1cc(C=C2CCCN3C2=NOC3(C)c2ccc(Cl)s2)ccc1-n1cnc(C)c1. The summed E-state index contributed by atoms with van der Waals surface area (Å²) in [5, 5.41) is 4.48. The first-order valence-electron chi connectivity index (χ1n) is 10.2.